The first-order valence-electron chi connectivity index (χ1n) is 5.07. The first-order valence-corrected chi connectivity index (χ1v) is 5.07. The van der Waals surface area contributed by atoms with E-state index in [0.717, 1.165) is 13.1 Å². The molecule has 0 aliphatic carbocycles. The van der Waals surface area contributed by atoms with Crippen molar-refractivity contribution in [2.75, 3.05) is 32.7 Å². The highest BCUT2D eigenvalue weighted by atomic mass is 16.2. The second kappa shape index (κ2) is 4.07. The molecule has 0 aromatic heterocycles. The molecule has 0 bridgehead atoms. The molecule has 4 heteroatoms. The van der Waals surface area contributed by atoms with Crippen LogP contribution < -0.4 is 10.6 Å². The summed E-state index contributed by atoms with van der Waals surface area (Å²) in [6.07, 6.45) is 2.63. The summed E-state index contributed by atoms with van der Waals surface area (Å²) >= 11 is 0. The fourth-order valence-electron chi connectivity index (χ4n) is 2.08. The molecule has 2 aliphatic heterocycles. The van der Waals surface area contributed by atoms with E-state index in [2.05, 4.69) is 15.5 Å². The summed E-state index contributed by atoms with van der Waals surface area (Å²) in [5, 5.41) is 6.12. The summed E-state index contributed by atoms with van der Waals surface area (Å²) in [5.74, 6) is 0.135. The minimum atomic E-state index is 0.135. The largest absolute Gasteiger partial charge is 0.350 e. The van der Waals surface area contributed by atoms with Crippen molar-refractivity contribution in [3.63, 3.8) is 0 Å². The van der Waals surface area contributed by atoms with Gasteiger partial charge in [0.15, 0.2) is 0 Å². The van der Waals surface area contributed by atoms with Crippen molar-refractivity contribution >= 4 is 5.91 Å². The third-order valence-electron chi connectivity index (χ3n) is 2.72. The molecule has 2 aliphatic rings. The van der Waals surface area contributed by atoms with Crippen LogP contribution in [0.2, 0.25) is 0 Å². The van der Waals surface area contributed by atoms with Gasteiger partial charge in [0, 0.05) is 13.1 Å². The van der Waals surface area contributed by atoms with Crippen molar-refractivity contribution in [3.05, 3.63) is 0 Å². The topological polar surface area (TPSA) is 44.4 Å². The van der Waals surface area contributed by atoms with Crippen molar-refractivity contribution in [2.45, 2.75) is 18.9 Å². The molecule has 2 N–H and O–H groups in total. The van der Waals surface area contributed by atoms with E-state index < -0.39 is 0 Å². The third kappa shape index (κ3) is 2.42. The van der Waals surface area contributed by atoms with Gasteiger partial charge in [0.2, 0.25) is 5.91 Å². The van der Waals surface area contributed by atoms with Gasteiger partial charge in [-0.05, 0) is 25.9 Å². The monoisotopic (exact) mass is 183 g/mol. The first kappa shape index (κ1) is 8.97. The van der Waals surface area contributed by atoms with Gasteiger partial charge < -0.3 is 15.5 Å². The summed E-state index contributed by atoms with van der Waals surface area (Å²) in [4.78, 5) is 13.5. The predicted molar refractivity (Wildman–Crippen MR) is 50.5 cm³/mol. The second-order valence-electron chi connectivity index (χ2n) is 3.90. The Hall–Kier alpha value is -0.610. The van der Waals surface area contributed by atoms with E-state index in [1.807, 2.05) is 0 Å². The lowest BCUT2D eigenvalue weighted by atomic mass is 10.2. The SMILES string of the molecule is O=C1CNCC(CN2CCCC2)N1. The van der Waals surface area contributed by atoms with Crippen molar-refractivity contribution in [1.29, 1.82) is 0 Å². The van der Waals surface area contributed by atoms with Crippen LogP contribution in [0.25, 0.3) is 0 Å². The van der Waals surface area contributed by atoms with Crippen LogP contribution in [0, 0.1) is 0 Å². The molecule has 74 valence electrons. The molecule has 0 saturated carbocycles. The molecule has 0 aromatic rings. The minimum absolute atomic E-state index is 0.135. The Morgan fingerprint density at radius 2 is 2.15 bits per heavy atom. The fraction of sp³-hybridized carbons (Fsp3) is 0.889. The molecule has 2 heterocycles. The average Bonchev–Trinajstić information content (AvgIpc) is 2.57. The van der Waals surface area contributed by atoms with E-state index in [9.17, 15) is 4.79 Å². The van der Waals surface area contributed by atoms with Crippen LogP contribution >= 0.6 is 0 Å². The smallest absolute Gasteiger partial charge is 0.234 e. The van der Waals surface area contributed by atoms with Crippen LogP contribution in [-0.4, -0.2) is 49.6 Å². The van der Waals surface area contributed by atoms with E-state index in [-0.39, 0.29) is 5.91 Å². The van der Waals surface area contributed by atoms with Gasteiger partial charge in [-0.15, -0.1) is 0 Å². The fourth-order valence-corrected chi connectivity index (χ4v) is 2.08. The maximum atomic E-state index is 11.1. The maximum absolute atomic E-state index is 11.1. The summed E-state index contributed by atoms with van der Waals surface area (Å²) in [5.41, 5.74) is 0. The van der Waals surface area contributed by atoms with Crippen LogP contribution in [0.3, 0.4) is 0 Å². The number of carbonyl (C=O) groups is 1. The van der Waals surface area contributed by atoms with Gasteiger partial charge in [-0.25, -0.2) is 0 Å². The average molecular weight is 183 g/mol. The summed E-state index contributed by atoms with van der Waals surface area (Å²) in [7, 11) is 0. The van der Waals surface area contributed by atoms with Gasteiger partial charge in [-0.2, -0.15) is 0 Å². The van der Waals surface area contributed by atoms with Gasteiger partial charge >= 0.3 is 0 Å². The summed E-state index contributed by atoms with van der Waals surface area (Å²) < 4.78 is 0. The molecular formula is C9H17N3O. The van der Waals surface area contributed by atoms with E-state index >= 15 is 0 Å². The number of amides is 1. The molecule has 2 saturated heterocycles. The van der Waals surface area contributed by atoms with Gasteiger partial charge in [0.05, 0.1) is 12.6 Å². The molecule has 0 radical (unpaired) electrons. The van der Waals surface area contributed by atoms with E-state index in [4.69, 9.17) is 0 Å². The zero-order valence-electron chi connectivity index (χ0n) is 7.88. The van der Waals surface area contributed by atoms with Gasteiger partial charge in [-0.1, -0.05) is 0 Å². The van der Waals surface area contributed by atoms with Crippen molar-refractivity contribution in [2.24, 2.45) is 0 Å². The Kier molecular flexibility index (Phi) is 2.80. The normalized spacial score (nSPS) is 30.5. The maximum Gasteiger partial charge on any atom is 0.234 e. The Morgan fingerprint density at radius 3 is 2.85 bits per heavy atom. The van der Waals surface area contributed by atoms with E-state index in [0.29, 0.717) is 12.6 Å². The molecule has 0 aromatic carbocycles. The molecule has 2 rings (SSSR count). The Labute approximate surface area is 78.7 Å². The van der Waals surface area contributed by atoms with Crippen LogP contribution in [0.1, 0.15) is 12.8 Å². The molecule has 2 fully saturated rings. The highest BCUT2D eigenvalue weighted by Crippen LogP contribution is 2.07. The van der Waals surface area contributed by atoms with Crippen molar-refractivity contribution in [1.82, 2.24) is 15.5 Å². The third-order valence-corrected chi connectivity index (χ3v) is 2.72. The van der Waals surface area contributed by atoms with Crippen LogP contribution in [0.4, 0.5) is 0 Å². The standard InChI is InChI=1S/C9H17N3O/c13-9-6-10-5-8(11-9)7-12-3-1-2-4-12/h8,10H,1-7H2,(H,11,13). The quantitative estimate of drug-likeness (QED) is 0.587. The summed E-state index contributed by atoms with van der Waals surface area (Å²) in [6, 6.07) is 0.319. The molecule has 13 heavy (non-hydrogen) atoms. The number of hydrogen-bond acceptors (Lipinski definition) is 3. The number of nitrogens with one attached hydrogen (secondary N) is 2. The number of nitrogens with zero attached hydrogens (tertiary/aromatic N) is 1. The Bertz CT molecular complexity index is 189. The highest BCUT2D eigenvalue weighted by Gasteiger charge is 2.21. The lowest BCUT2D eigenvalue weighted by Gasteiger charge is -2.28. The molecule has 1 atom stereocenters. The number of hydrogen-bond donors (Lipinski definition) is 2. The minimum Gasteiger partial charge on any atom is -0.350 e. The molecule has 0 spiro atoms. The lowest BCUT2D eigenvalue weighted by molar-refractivity contribution is -0.122. The van der Waals surface area contributed by atoms with Gasteiger partial charge in [0.25, 0.3) is 0 Å². The van der Waals surface area contributed by atoms with Gasteiger partial charge in [-0.3, -0.25) is 4.79 Å². The lowest BCUT2D eigenvalue weighted by Crippen LogP contribution is -2.56. The molecule has 1 unspecified atom stereocenters. The molecule has 1 amide bonds. The first-order chi connectivity index (χ1) is 6.34. The number of piperazine rings is 1. The van der Waals surface area contributed by atoms with Crippen LogP contribution in [-0.2, 0) is 4.79 Å². The second-order valence-corrected chi connectivity index (χ2v) is 3.90. The van der Waals surface area contributed by atoms with E-state index in [1.165, 1.54) is 25.9 Å². The van der Waals surface area contributed by atoms with Crippen LogP contribution in [0.5, 0.6) is 0 Å². The predicted octanol–water partition coefficient (Wildman–Crippen LogP) is -0.830. The number of carbonyl (C=O) groups excluding carboxylic acids is 1. The molecular weight excluding hydrogens is 166 g/mol. The number of likely N-dealkylation sites (tertiary alicyclic amines) is 1. The Morgan fingerprint density at radius 1 is 1.38 bits per heavy atom. The highest BCUT2D eigenvalue weighted by molar-refractivity contribution is 5.79. The zero-order chi connectivity index (χ0) is 9.10. The molecule has 4 nitrogen and oxygen atoms in total. The van der Waals surface area contributed by atoms with E-state index in [1.54, 1.807) is 0 Å². The van der Waals surface area contributed by atoms with Crippen LogP contribution in [0.15, 0.2) is 0 Å². The van der Waals surface area contributed by atoms with Crippen molar-refractivity contribution in [3.8, 4) is 0 Å². The number of rotatable bonds is 2. The van der Waals surface area contributed by atoms with Gasteiger partial charge in [0.1, 0.15) is 0 Å². The summed E-state index contributed by atoms with van der Waals surface area (Å²) in [6.45, 7) is 4.82. The zero-order valence-corrected chi connectivity index (χ0v) is 7.88. The van der Waals surface area contributed by atoms with Crippen molar-refractivity contribution < 1.29 is 4.79 Å². The Balaban J connectivity index is 1.76.